The molecule has 0 saturated carbocycles. The van der Waals surface area contributed by atoms with Gasteiger partial charge in [-0.25, -0.2) is 9.07 Å². The molecule has 29 heavy (non-hydrogen) atoms. The molecule has 0 saturated heterocycles. The van der Waals surface area contributed by atoms with Gasteiger partial charge in [0.05, 0.1) is 18.0 Å². The van der Waals surface area contributed by atoms with Gasteiger partial charge in [0, 0.05) is 25.6 Å². The van der Waals surface area contributed by atoms with Crippen LogP contribution in [0, 0.1) is 12.7 Å². The van der Waals surface area contributed by atoms with Crippen molar-refractivity contribution in [3.05, 3.63) is 71.7 Å². The third kappa shape index (κ3) is 5.20. The van der Waals surface area contributed by atoms with E-state index in [9.17, 15) is 9.18 Å². The maximum absolute atomic E-state index is 14.2. The number of rotatable bonds is 9. The van der Waals surface area contributed by atoms with Crippen molar-refractivity contribution < 1.29 is 18.7 Å². The highest BCUT2D eigenvalue weighted by Crippen LogP contribution is 2.32. The van der Waals surface area contributed by atoms with E-state index in [0.29, 0.717) is 25.5 Å². The Labute approximate surface area is 169 Å². The summed E-state index contributed by atoms with van der Waals surface area (Å²) in [5, 5.41) is 7.38. The lowest BCUT2D eigenvalue weighted by Crippen LogP contribution is -2.27. The molecule has 152 valence electrons. The summed E-state index contributed by atoms with van der Waals surface area (Å²) in [4.78, 5) is 12.1. The Bertz CT molecular complexity index is 957. The van der Waals surface area contributed by atoms with Crippen LogP contribution in [0.15, 0.2) is 54.6 Å². The Morgan fingerprint density at radius 1 is 1.14 bits per heavy atom. The van der Waals surface area contributed by atoms with Gasteiger partial charge in [-0.2, -0.15) is 5.10 Å². The molecule has 0 fully saturated rings. The van der Waals surface area contributed by atoms with E-state index in [1.165, 1.54) is 6.07 Å². The lowest BCUT2D eigenvalue weighted by Gasteiger charge is -2.12. The van der Waals surface area contributed by atoms with Gasteiger partial charge >= 0.3 is 0 Å². The van der Waals surface area contributed by atoms with Gasteiger partial charge in [-0.15, -0.1) is 0 Å². The lowest BCUT2D eigenvalue weighted by molar-refractivity contribution is -0.121. The fourth-order valence-electron chi connectivity index (χ4n) is 2.93. The van der Waals surface area contributed by atoms with Crippen molar-refractivity contribution in [3.8, 4) is 17.3 Å². The van der Waals surface area contributed by atoms with Crippen molar-refractivity contribution in [1.82, 2.24) is 15.1 Å². The van der Waals surface area contributed by atoms with Gasteiger partial charge in [-0.05, 0) is 37.6 Å². The molecule has 3 rings (SSSR count). The average Bonchev–Trinajstić information content (AvgIpc) is 3.04. The van der Waals surface area contributed by atoms with Gasteiger partial charge in [0.25, 0.3) is 0 Å². The first-order valence-electron chi connectivity index (χ1n) is 9.42. The number of carbonyl (C=O) groups is 1. The fraction of sp³-hybridized carbons (Fsp3) is 0.273. The fourth-order valence-corrected chi connectivity index (χ4v) is 2.93. The van der Waals surface area contributed by atoms with Crippen LogP contribution in [0.3, 0.4) is 0 Å². The minimum absolute atomic E-state index is 0.0919. The normalized spacial score (nSPS) is 10.7. The molecule has 1 aromatic heterocycles. The summed E-state index contributed by atoms with van der Waals surface area (Å²) in [5.74, 6) is -0.0427. The number of halogens is 1. The van der Waals surface area contributed by atoms with E-state index in [2.05, 4.69) is 10.4 Å². The molecule has 0 aliphatic heterocycles. The van der Waals surface area contributed by atoms with Gasteiger partial charge < -0.3 is 14.8 Å². The van der Waals surface area contributed by atoms with Crippen LogP contribution in [0.4, 0.5) is 4.39 Å². The monoisotopic (exact) mass is 397 g/mol. The maximum Gasteiger partial charge on any atom is 0.226 e. The number of methoxy groups -OCH3 is 1. The first-order valence-corrected chi connectivity index (χ1v) is 9.42. The number of nitrogens with one attached hydrogen (secondary N) is 1. The zero-order valence-electron chi connectivity index (χ0n) is 16.5. The smallest absolute Gasteiger partial charge is 0.226 e. The molecule has 0 bridgehead atoms. The van der Waals surface area contributed by atoms with E-state index in [1.807, 2.05) is 37.3 Å². The van der Waals surface area contributed by atoms with Crippen LogP contribution < -0.4 is 10.1 Å². The summed E-state index contributed by atoms with van der Waals surface area (Å²) in [6.45, 7) is 2.76. The number of carbonyl (C=O) groups excluding carboxylic acids is 1. The second-order valence-electron chi connectivity index (χ2n) is 6.49. The molecule has 0 radical (unpaired) electrons. The predicted octanol–water partition coefficient (Wildman–Crippen LogP) is 3.81. The summed E-state index contributed by atoms with van der Waals surface area (Å²) < 4.78 is 26.7. The number of ether oxygens (including phenoxy) is 2. The molecule has 3 aromatic rings. The number of aromatic nitrogens is 2. The molecule has 1 amide bonds. The van der Waals surface area contributed by atoms with E-state index < -0.39 is 5.82 Å². The summed E-state index contributed by atoms with van der Waals surface area (Å²) in [6, 6.07) is 15.7. The SMILES string of the molecule is COCCNC(=O)CCc1c(C)nn(-c2ccccc2)c1Oc1ccccc1F. The van der Waals surface area contributed by atoms with Crippen molar-refractivity contribution in [3.63, 3.8) is 0 Å². The number of hydrogen-bond donors (Lipinski definition) is 1. The molecule has 0 aliphatic carbocycles. The quantitative estimate of drug-likeness (QED) is 0.558. The van der Waals surface area contributed by atoms with Crippen LogP contribution in [0.5, 0.6) is 11.6 Å². The molecule has 0 spiro atoms. The maximum atomic E-state index is 14.2. The van der Waals surface area contributed by atoms with Gasteiger partial charge in [-0.3, -0.25) is 4.79 Å². The van der Waals surface area contributed by atoms with E-state index in [0.717, 1.165) is 16.9 Å². The molecule has 2 aromatic carbocycles. The number of benzene rings is 2. The standard InChI is InChI=1S/C22H24FN3O3/c1-16-18(12-13-21(27)24-14-15-28-2)22(29-20-11-7-6-10-19(20)23)26(25-16)17-8-4-3-5-9-17/h3-11H,12-15H2,1-2H3,(H,24,27). The number of hydrogen-bond acceptors (Lipinski definition) is 4. The van der Waals surface area contributed by atoms with Crippen molar-refractivity contribution in [2.45, 2.75) is 19.8 Å². The van der Waals surface area contributed by atoms with Crippen LogP contribution in [0.2, 0.25) is 0 Å². The lowest BCUT2D eigenvalue weighted by atomic mass is 10.1. The number of para-hydroxylation sites is 2. The highest BCUT2D eigenvalue weighted by Gasteiger charge is 2.20. The summed E-state index contributed by atoms with van der Waals surface area (Å²) >= 11 is 0. The minimum Gasteiger partial charge on any atom is -0.436 e. The third-order valence-electron chi connectivity index (χ3n) is 4.41. The van der Waals surface area contributed by atoms with Gasteiger partial charge in [0.15, 0.2) is 11.6 Å². The topological polar surface area (TPSA) is 65.4 Å². The molecular weight excluding hydrogens is 373 g/mol. The third-order valence-corrected chi connectivity index (χ3v) is 4.41. The number of nitrogens with zero attached hydrogens (tertiary/aromatic N) is 2. The molecule has 7 heteroatoms. The largest absolute Gasteiger partial charge is 0.436 e. The molecule has 1 heterocycles. The van der Waals surface area contributed by atoms with Gasteiger partial charge in [0.1, 0.15) is 0 Å². The summed E-state index contributed by atoms with van der Waals surface area (Å²) in [5.41, 5.74) is 2.28. The zero-order chi connectivity index (χ0) is 20.6. The minimum atomic E-state index is -0.464. The number of aryl methyl sites for hydroxylation is 1. The Morgan fingerprint density at radius 3 is 2.59 bits per heavy atom. The highest BCUT2D eigenvalue weighted by atomic mass is 19.1. The van der Waals surface area contributed by atoms with Crippen LogP contribution >= 0.6 is 0 Å². The predicted molar refractivity (Wildman–Crippen MR) is 108 cm³/mol. The zero-order valence-corrected chi connectivity index (χ0v) is 16.5. The van der Waals surface area contributed by atoms with Gasteiger partial charge in [0.2, 0.25) is 11.8 Å². The Hall–Kier alpha value is -3.19. The Morgan fingerprint density at radius 2 is 1.86 bits per heavy atom. The van der Waals surface area contributed by atoms with Crippen LogP contribution in [-0.2, 0) is 16.0 Å². The first-order chi connectivity index (χ1) is 14.1. The highest BCUT2D eigenvalue weighted by molar-refractivity contribution is 5.76. The molecule has 1 N–H and O–H groups in total. The molecule has 0 atom stereocenters. The van der Waals surface area contributed by atoms with E-state index >= 15 is 0 Å². The average molecular weight is 397 g/mol. The summed E-state index contributed by atoms with van der Waals surface area (Å²) in [6.07, 6.45) is 0.680. The second-order valence-corrected chi connectivity index (χ2v) is 6.49. The molecule has 6 nitrogen and oxygen atoms in total. The van der Waals surface area contributed by atoms with Crippen molar-refractivity contribution in [1.29, 1.82) is 0 Å². The van der Waals surface area contributed by atoms with E-state index in [1.54, 1.807) is 30.0 Å². The first kappa shape index (κ1) is 20.5. The van der Waals surface area contributed by atoms with E-state index in [-0.39, 0.29) is 18.1 Å². The van der Waals surface area contributed by atoms with Crippen molar-refractivity contribution in [2.24, 2.45) is 0 Å². The van der Waals surface area contributed by atoms with Crippen LogP contribution in [0.1, 0.15) is 17.7 Å². The summed E-state index contributed by atoms with van der Waals surface area (Å²) in [7, 11) is 1.58. The Balaban J connectivity index is 1.89. The van der Waals surface area contributed by atoms with Crippen molar-refractivity contribution >= 4 is 5.91 Å². The van der Waals surface area contributed by atoms with Crippen LogP contribution in [-0.4, -0.2) is 35.9 Å². The molecule has 0 unspecified atom stereocenters. The number of amides is 1. The molecule has 0 aliphatic rings. The van der Waals surface area contributed by atoms with E-state index in [4.69, 9.17) is 9.47 Å². The van der Waals surface area contributed by atoms with Crippen LogP contribution in [0.25, 0.3) is 5.69 Å². The van der Waals surface area contributed by atoms with Gasteiger partial charge in [-0.1, -0.05) is 30.3 Å². The van der Waals surface area contributed by atoms with Crippen molar-refractivity contribution in [2.75, 3.05) is 20.3 Å². The Kier molecular flexibility index (Phi) is 6.97. The second kappa shape index (κ2) is 9.84. The molecular formula is C22H24FN3O3.